The molecule has 23 heavy (non-hydrogen) atoms. The first-order valence-corrected chi connectivity index (χ1v) is 7.59. The van der Waals surface area contributed by atoms with E-state index >= 15 is 0 Å². The first kappa shape index (κ1) is 17.2. The molecule has 0 spiro atoms. The minimum atomic E-state index is -4.60. The number of rotatable bonds is 4. The van der Waals surface area contributed by atoms with E-state index in [0.29, 0.717) is 6.08 Å². The van der Waals surface area contributed by atoms with Crippen LogP contribution in [0.5, 0.6) is 0 Å². The van der Waals surface area contributed by atoms with Gasteiger partial charge in [0, 0.05) is 24.2 Å². The quantitative estimate of drug-likeness (QED) is 0.787. The number of amides is 1. The number of carbonyl (C=O) groups excluding carboxylic acids is 1. The zero-order chi connectivity index (χ0) is 17.0. The molecule has 0 N–H and O–H groups in total. The molecule has 1 aromatic carbocycles. The predicted molar refractivity (Wildman–Crippen MR) is 83.8 cm³/mol. The molecule has 0 fully saturated rings. The Hall–Kier alpha value is -2.15. The monoisotopic (exact) mass is 340 g/mol. The number of aromatic nitrogens is 1. The van der Waals surface area contributed by atoms with Crippen LogP contribution < -0.4 is 0 Å². The highest BCUT2D eigenvalue weighted by Crippen LogP contribution is 2.33. The summed E-state index contributed by atoms with van der Waals surface area (Å²) in [6.07, 6.45) is -2.34. The second kappa shape index (κ2) is 6.95. The van der Waals surface area contributed by atoms with Gasteiger partial charge in [0.25, 0.3) is 0 Å². The molecule has 0 saturated carbocycles. The van der Waals surface area contributed by atoms with Crippen molar-refractivity contribution >= 4 is 22.8 Å². The summed E-state index contributed by atoms with van der Waals surface area (Å²) in [7, 11) is 1.47. The lowest BCUT2D eigenvalue weighted by molar-refractivity contribution is -0.125. The van der Waals surface area contributed by atoms with Crippen molar-refractivity contribution in [3.63, 3.8) is 0 Å². The number of carbonyl (C=O) groups is 1. The van der Waals surface area contributed by atoms with Crippen LogP contribution in [0.3, 0.4) is 0 Å². The van der Waals surface area contributed by atoms with Gasteiger partial charge >= 0.3 is 6.18 Å². The first-order valence-electron chi connectivity index (χ1n) is 6.78. The van der Waals surface area contributed by atoms with Crippen LogP contribution >= 0.6 is 11.3 Å². The number of alkyl halides is 3. The molecule has 0 aliphatic carbocycles. The minimum Gasteiger partial charge on any atom is -0.337 e. The normalized spacial score (nSPS) is 12.3. The van der Waals surface area contributed by atoms with Gasteiger partial charge in [-0.1, -0.05) is 30.3 Å². The van der Waals surface area contributed by atoms with Gasteiger partial charge in [0.15, 0.2) is 0 Å². The lowest BCUT2D eigenvalue weighted by atomic mass is 10.0. The summed E-state index contributed by atoms with van der Waals surface area (Å²) in [5.41, 5.74) is -0.981. The Labute approximate surface area is 136 Å². The maximum atomic E-state index is 13.2. The third-order valence-corrected chi connectivity index (χ3v) is 3.99. The van der Waals surface area contributed by atoms with E-state index in [0.717, 1.165) is 9.88 Å². The van der Waals surface area contributed by atoms with Crippen LogP contribution in [0.2, 0.25) is 0 Å². The van der Waals surface area contributed by atoms with Crippen LogP contribution in [0.15, 0.2) is 42.6 Å². The number of nitrogens with zero attached hydrogens (tertiary/aromatic N) is 2. The zero-order valence-electron chi connectivity index (χ0n) is 12.6. The maximum Gasteiger partial charge on any atom is 0.417 e. The Kier molecular flexibility index (Phi) is 5.20. The van der Waals surface area contributed by atoms with Gasteiger partial charge in [-0.05, 0) is 12.5 Å². The Bertz CT molecular complexity index is 708. The van der Waals surface area contributed by atoms with E-state index < -0.39 is 17.7 Å². The summed E-state index contributed by atoms with van der Waals surface area (Å²) in [4.78, 5) is 18.2. The fourth-order valence-corrected chi connectivity index (χ4v) is 2.82. The van der Waals surface area contributed by atoms with Crippen molar-refractivity contribution in [2.75, 3.05) is 7.05 Å². The molecule has 1 amide bonds. The van der Waals surface area contributed by atoms with E-state index in [9.17, 15) is 18.0 Å². The Morgan fingerprint density at radius 1 is 1.30 bits per heavy atom. The van der Waals surface area contributed by atoms with Crippen LogP contribution in [-0.2, 0) is 11.3 Å². The number of likely N-dealkylation sites (N-methyl/N-ethyl adjacent to an activating group) is 1. The van der Waals surface area contributed by atoms with Crippen LogP contribution in [0.25, 0.3) is 5.57 Å². The number of hydrogen-bond donors (Lipinski definition) is 0. The summed E-state index contributed by atoms with van der Waals surface area (Å²) in [6.45, 7) is 2.05. The molecule has 7 heteroatoms. The van der Waals surface area contributed by atoms with Crippen molar-refractivity contribution in [3.8, 4) is 0 Å². The molecule has 3 nitrogen and oxygen atoms in total. The molecule has 1 heterocycles. The van der Waals surface area contributed by atoms with Crippen molar-refractivity contribution < 1.29 is 18.0 Å². The molecule has 0 aliphatic heterocycles. The highest BCUT2D eigenvalue weighted by atomic mass is 32.1. The van der Waals surface area contributed by atoms with Gasteiger partial charge in [-0.25, -0.2) is 4.98 Å². The highest BCUT2D eigenvalue weighted by Gasteiger charge is 2.35. The van der Waals surface area contributed by atoms with Crippen molar-refractivity contribution in [1.29, 1.82) is 0 Å². The molecular weight excluding hydrogens is 325 g/mol. The summed E-state index contributed by atoms with van der Waals surface area (Å²) in [5, 5.41) is 0.844. The molecule has 1 aromatic heterocycles. The Balaban J connectivity index is 2.22. The van der Waals surface area contributed by atoms with Crippen LogP contribution in [0.1, 0.15) is 15.4 Å². The Morgan fingerprint density at radius 2 is 1.96 bits per heavy atom. The molecule has 0 aliphatic rings. The second-order valence-corrected chi connectivity index (χ2v) is 6.28. The zero-order valence-corrected chi connectivity index (χ0v) is 13.4. The van der Waals surface area contributed by atoms with Gasteiger partial charge in [0.1, 0.15) is 0 Å². The van der Waals surface area contributed by atoms with Crippen molar-refractivity contribution in [3.05, 3.63) is 58.1 Å². The lowest BCUT2D eigenvalue weighted by Crippen LogP contribution is -2.25. The number of halogens is 3. The number of hydrogen-bond acceptors (Lipinski definition) is 3. The fraction of sp³-hybridized carbons (Fsp3) is 0.250. The lowest BCUT2D eigenvalue weighted by Gasteiger charge is -2.16. The molecule has 0 bridgehead atoms. The number of benzene rings is 1. The third kappa shape index (κ3) is 4.66. The molecule has 0 saturated heterocycles. The fourth-order valence-electron chi connectivity index (χ4n) is 1.97. The highest BCUT2D eigenvalue weighted by molar-refractivity contribution is 7.11. The minimum absolute atomic E-state index is 0.0321. The molecule has 122 valence electrons. The molecule has 0 radical (unpaired) electrons. The van der Waals surface area contributed by atoms with E-state index in [-0.39, 0.29) is 12.1 Å². The van der Waals surface area contributed by atoms with Gasteiger partial charge in [-0.2, -0.15) is 13.2 Å². The standard InChI is InChI=1S/C16H15F3N2OS/c1-11-20-9-13(23-11)10-21(2)15(22)8-14(16(17,18)19)12-6-4-3-5-7-12/h3-9H,10H2,1-2H3. The molecular formula is C16H15F3N2OS. The van der Waals surface area contributed by atoms with E-state index in [1.807, 2.05) is 6.92 Å². The van der Waals surface area contributed by atoms with Gasteiger partial charge in [0.2, 0.25) is 5.91 Å². The Morgan fingerprint density at radius 3 is 2.48 bits per heavy atom. The number of allylic oxidation sites excluding steroid dienone is 1. The smallest absolute Gasteiger partial charge is 0.337 e. The second-order valence-electron chi connectivity index (χ2n) is 4.96. The predicted octanol–water partition coefficient (Wildman–Crippen LogP) is 4.06. The van der Waals surface area contributed by atoms with E-state index in [2.05, 4.69) is 4.98 Å². The van der Waals surface area contributed by atoms with Crippen molar-refractivity contribution in [2.24, 2.45) is 0 Å². The van der Waals surface area contributed by atoms with E-state index in [1.54, 1.807) is 12.3 Å². The number of aryl methyl sites for hydroxylation is 1. The summed E-state index contributed by atoms with van der Waals surface area (Å²) < 4.78 is 39.6. The van der Waals surface area contributed by atoms with Crippen molar-refractivity contribution in [2.45, 2.75) is 19.6 Å². The first-order chi connectivity index (χ1) is 10.8. The molecule has 2 aromatic rings. The van der Waals surface area contributed by atoms with Crippen molar-refractivity contribution in [1.82, 2.24) is 9.88 Å². The summed E-state index contributed by atoms with van der Waals surface area (Å²) in [6, 6.07) is 7.29. The topological polar surface area (TPSA) is 33.2 Å². The van der Waals surface area contributed by atoms with E-state index in [4.69, 9.17) is 0 Å². The molecule has 0 unspecified atom stereocenters. The summed E-state index contributed by atoms with van der Waals surface area (Å²) >= 11 is 1.41. The molecule has 0 atom stereocenters. The average Bonchev–Trinajstić information content (AvgIpc) is 2.89. The number of thiazole rings is 1. The van der Waals surface area contributed by atoms with Crippen LogP contribution in [-0.4, -0.2) is 29.0 Å². The van der Waals surface area contributed by atoms with E-state index in [1.165, 1.54) is 47.5 Å². The average molecular weight is 340 g/mol. The van der Waals surface area contributed by atoms with Gasteiger partial charge < -0.3 is 4.90 Å². The largest absolute Gasteiger partial charge is 0.417 e. The third-order valence-electron chi connectivity index (χ3n) is 3.10. The summed E-state index contributed by atoms with van der Waals surface area (Å²) in [5.74, 6) is -0.702. The molecule has 2 rings (SSSR count). The SMILES string of the molecule is Cc1ncc(CN(C)C(=O)C=C(c2ccccc2)C(F)(F)F)s1. The maximum absolute atomic E-state index is 13.2. The van der Waals surface area contributed by atoms with Gasteiger partial charge in [-0.3, -0.25) is 4.79 Å². The van der Waals surface area contributed by atoms with Gasteiger partial charge in [0.05, 0.1) is 17.1 Å². The van der Waals surface area contributed by atoms with Gasteiger partial charge in [-0.15, -0.1) is 11.3 Å². The van der Waals surface area contributed by atoms with Crippen LogP contribution in [0, 0.1) is 6.92 Å². The van der Waals surface area contributed by atoms with Crippen LogP contribution in [0.4, 0.5) is 13.2 Å².